The van der Waals surface area contributed by atoms with E-state index in [1.165, 1.54) is 6.42 Å². The van der Waals surface area contributed by atoms with Gasteiger partial charge >= 0.3 is 6.09 Å². The number of hydrogen-bond donors (Lipinski definition) is 2. The number of aromatic nitrogens is 4. The molecule has 0 aliphatic carbocycles. The van der Waals surface area contributed by atoms with Crippen molar-refractivity contribution >= 4 is 16.9 Å². The SMILES string of the molecule is CN1CCC[C@H]1c1ncc(-c2ccc3cc(C#Cc4cnc([C@@H]5CCCN5C(=O)OC(C)(C)C)[nH]4)ccc3c2)[nH]1. The summed E-state index contributed by atoms with van der Waals surface area (Å²) in [5.74, 6) is 8.26. The van der Waals surface area contributed by atoms with Crippen molar-refractivity contribution in [1.29, 1.82) is 0 Å². The van der Waals surface area contributed by atoms with Crippen molar-refractivity contribution in [2.45, 2.75) is 64.1 Å². The summed E-state index contributed by atoms with van der Waals surface area (Å²) >= 11 is 0. The second-order valence-electron chi connectivity index (χ2n) is 11.9. The molecule has 4 aromatic rings. The molecular formula is C32H36N6O2. The third-order valence-corrected chi connectivity index (χ3v) is 7.72. The quantitative estimate of drug-likeness (QED) is 0.305. The molecule has 0 spiro atoms. The molecule has 2 N–H and O–H groups in total. The van der Waals surface area contributed by atoms with Crippen LogP contribution in [0.15, 0.2) is 48.8 Å². The highest BCUT2D eigenvalue weighted by molar-refractivity contribution is 5.88. The number of likely N-dealkylation sites (tertiary alicyclic amines) is 2. The monoisotopic (exact) mass is 536 g/mol. The van der Waals surface area contributed by atoms with Gasteiger partial charge in [-0.3, -0.25) is 9.80 Å². The van der Waals surface area contributed by atoms with Crippen LogP contribution < -0.4 is 0 Å². The van der Waals surface area contributed by atoms with Crippen LogP contribution in [0.5, 0.6) is 0 Å². The van der Waals surface area contributed by atoms with Crippen molar-refractivity contribution in [3.05, 3.63) is 71.7 Å². The summed E-state index contributed by atoms with van der Waals surface area (Å²) in [4.78, 5) is 32.9. The maximum absolute atomic E-state index is 12.7. The smallest absolute Gasteiger partial charge is 0.410 e. The summed E-state index contributed by atoms with van der Waals surface area (Å²) in [5, 5.41) is 2.29. The number of benzene rings is 2. The Morgan fingerprint density at radius 1 is 0.925 bits per heavy atom. The molecule has 2 saturated heterocycles. The van der Waals surface area contributed by atoms with Gasteiger partial charge < -0.3 is 14.7 Å². The minimum absolute atomic E-state index is 0.120. The Bertz CT molecular complexity index is 1600. The van der Waals surface area contributed by atoms with Gasteiger partial charge in [-0.05, 0) is 94.9 Å². The molecule has 0 unspecified atom stereocenters. The number of nitrogens with one attached hydrogen (secondary N) is 2. The first-order valence-electron chi connectivity index (χ1n) is 14.1. The minimum atomic E-state index is -0.527. The van der Waals surface area contributed by atoms with Crippen LogP contribution >= 0.6 is 0 Å². The van der Waals surface area contributed by atoms with E-state index in [4.69, 9.17) is 4.74 Å². The highest BCUT2D eigenvalue weighted by Gasteiger charge is 2.34. The fraction of sp³-hybridized carbons (Fsp3) is 0.406. The molecule has 1 amide bonds. The number of amides is 1. The lowest BCUT2D eigenvalue weighted by molar-refractivity contribution is 0.0218. The van der Waals surface area contributed by atoms with Gasteiger partial charge in [-0.15, -0.1) is 0 Å². The molecule has 8 nitrogen and oxygen atoms in total. The van der Waals surface area contributed by atoms with Gasteiger partial charge in [0.2, 0.25) is 0 Å². The van der Waals surface area contributed by atoms with Gasteiger partial charge in [0.15, 0.2) is 0 Å². The van der Waals surface area contributed by atoms with Crippen LogP contribution in [0, 0.1) is 11.8 Å². The predicted octanol–water partition coefficient (Wildman–Crippen LogP) is 6.19. The van der Waals surface area contributed by atoms with Crippen LogP contribution in [0.4, 0.5) is 4.79 Å². The molecule has 2 atom stereocenters. The highest BCUT2D eigenvalue weighted by atomic mass is 16.6. The molecule has 2 aromatic heterocycles. The summed E-state index contributed by atoms with van der Waals surface area (Å²) in [6.45, 7) is 7.43. The number of hydrogen-bond acceptors (Lipinski definition) is 5. The lowest BCUT2D eigenvalue weighted by Gasteiger charge is -2.27. The average molecular weight is 537 g/mol. The number of imidazole rings is 2. The second-order valence-corrected chi connectivity index (χ2v) is 11.9. The zero-order valence-corrected chi connectivity index (χ0v) is 23.6. The first kappa shape index (κ1) is 26.1. The van der Waals surface area contributed by atoms with Gasteiger partial charge in [-0.25, -0.2) is 14.8 Å². The lowest BCUT2D eigenvalue weighted by Crippen LogP contribution is -2.36. The first-order valence-corrected chi connectivity index (χ1v) is 14.1. The molecule has 206 valence electrons. The van der Waals surface area contributed by atoms with Crippen LogP contribution in [0.1, 0.15) is 81.4 Å². The number of ether oxygens (including phenoxy) is 1. The number of fused-ring (bicyclic) bond motifs is 1. The van der Waals surface area contributed by atoms with Crippen LogP contribution in [0.3, 0.4) is 0 Å². The average Bonchev–Trinajstić information content (AvgIpc) is 3.72. The normalized spacial score (nSPS) is 19.6. The molecule has 40 heavy (non-hydrogen) atoms. The fourth-order valence-electron chi connectivity index (χ4n) is 5.70. The molecule has 2 aliphatic rings. The van der Waals surface area contributed by atoms with Crippen LogP contribution in [-0.4, -0.2) is 61.6 Å². The zero-order chi connectivity index (χ0) is 27.9. The summed E-state index contributed by atoms with van der Waals surface area (Å²) in [6.07, 6.45) is 7.52. The van der Waals surface area contributed by atoms with E-state index in [9.17, 15) is 4.79 Å². The largest absolute Gasteiger partial charge is 0.444 e. The first-order chi connectivity index (χ1) is 19.2. The summed E-state index contributed by atoms with van der Waals surface area (Å²) in [5.41, 5.74) is 3.30. The standard InChI is InChI=1S/C32H36N6O2/c1-32(2,3)40-31(39)38-16-6-8-28(38)30-33-19-25(35-30)14-10-21-9-11-23-18-24(13-12-22(23)17-21)26-20-34-29(36-26)27-7-5-15-37(27)4/h9,11-13,17-20,27-28H,5-8,15-16H2,1-4H3,(H,33,35)(H,34,36)/t27-,28-/m0/s1. The van der Waals surface area contributed by atoms with E-state index in [-0.39, 0.29) is 12.1 Å². The number of carbonyl (C=O) groups excluding carboxylic acids is 1. The van der Waals surface area contributed by atoms with Gasteiger partial charge in [0.05, 0.1) is 30.2 Å². The number of carbonyl (C=O) groups is 1. The Balaban J connectivity index is 1.16. The van der Waals surface area contributed by atoms with Crippen LogP contribution in [-0.2, 0) is 4.74 Å². The molecule has 2 fully saturated rings. The van der Waals surface area contributed by atoms with Crippen molar-refractivity contribution in [2.24, 2.45) is 0 Å². The van der Waals surface area contributed by atoms with E-state index in [1.54, 1.807) is 11.1 Å². The number of H-pyrrole nitrogens is 2. The molecule has 8 heteroatoms. The third kappa shape index (κ3) is 5.47. The lowest BCUT2D eigenvalue weighted by atomic mass is 10.0. The molecule has 0 saturated carbocycles. The van der Waals surface area contributed by atoms with E-state index >= 15 is 0 Å². The van der Waals surface area contributed by atoms with Gasteiger partial charge in [0, 0.05) is 17.7 Å². The fourth-order valence-corrected chi connectivity index (χ4v) is 5.70. The Kier molecular flexibility index (Phi) is 6.85. The van der Waals surface area contributed by atoms with Crippen molar-refractivity contribution in [1.82, 2.24) is 29.7 Å². The molecule has 0 radical (unpaired) electrons. The molecular weight excluding hydrogens is 500 g/mol. The molecule has 4 heterocycles. The van der Waals surface area contributed by atoms with Gasteiger partial charge in [-0.1, -0.05) is 24.1 Å². The Hall–Kier alpha value is -4.09. The molecule has 0 bridgehead atoms. The predicted molar refractivity (Wildman–Crippen MR) is 156 cm³/mol. The summed E-state index contributed by atoms with van der Waals surface area (Å²) in [7, 11) is 2.16. The number of aromatic amines is 2. The van der Waals surface area contributed by atoms with Crippen molar-refractivity contribution in [2.75, 3.05) is 20.1 Å². The van der Waals surface area contributed by atoms with E-state index in [2.05, 4.69) is 74.1 Å². The highest BCUT2D eigenvalue weighted by Crippen LogP contribution is 2.32. The van der Waals surface area contributed by atoms with Crippen LogP contribution in [0.25, 0.3) is 22.0 Å². The maximum Gasteiger partial charge on any atom is 0.410 e. The van der Waals surface area contributed by atoms with Crippen molar-refractivity contribution in [3.8, 4) is 23.1 Å². The van der Waals surface area contributed by atoms with Gasteiger partial charge in [0.1, 0.15) is 22.9 Å². The summed E-state index contributed by atoms with van der Waals surface area (Å²) < 4.78 is 5.59. The third-order valence-electron chi connectivity index (χ3n) is 7.72. The number of rotatable bonds is 3. The zero-order valence-electron chi connectivity index (χ0n) is 23.6. The Labute approximate surface area is 235 Å². The van der Waals surface area contributed by atoms with Crippen LogP contribution in [0.2, 0.25) is 0 Å². The van der Waals surface area contributed by atoms with E-state index in [0.717, 1.165) is 70.7 Å². The van der Waals surface area contributed by atoms with Gasteiger partial charge in [-0.2, -0.15) is 0 Å². The van der Waals surface area contributed by atoms with E-state index in [1.807, 2.05) is 33.0 Å². The molecule has 2 aliphatic heterocycles. The maximum atomic E-state index is 12.7. The number of nitrogens with zero attached hydrogens (tertiary/aromatic N) is 4. The summed E-state index contributed by atoms with van der Waals surface area (Å²) in [6, 6.07) is 13.0. The van der Waals surface area contributed by atoms with E-state index in [0.29, 0.717) is 12.6 Å². The minimum Gasteiger partial charge on any atom is -0.444 e. The molecule has 2 aromatic carbocycles. The second kappa shape index (κ2) is 10.5. The Morgan fingerprint density at radius 2 is 1.65 bits per heavy atom. The van der Waals surface area contributed by atoms with Crippen molar-refractivity contribution < 1.29 is 9.53 Å². The van der Waals surface area contributed by atoms with Gasteiger partial charge in [0.25, 0.3) is 0 Å². The van der Waals surface area contributed by atoms with E-state index < -0.39 is 5.60 Å². The topological polar surface area (TPSA) is 90.1 Å². The molecule has 6 rings (SSSR count). The Morgan fingerprint density at radius 3 is 2.45 bits per heavy atom. The van der Waals surface area contributed by atoms with Crippen molar-refractivity contribution in [3.63, 3.8) is 0 Å².